The molecule has 0 bridgehead atoms. The number of methoxy groups -OCH3 is 1. The zero-order valence-corrected chi connectivity index (χ0v) is 13.5. The summed E-state index contributed by atoms with van der Waals surface area (Å²) in [7, 11) is -2.04. The molecule has 1 N–H and O–H groups in total. The second-order valence-electron chi connectivity index (χ2n) is 4.32. The number of hydrogen-bond donors (Lipinski definition) is 1. The summed E-state index contributed by atoms with van der Waals surface area (Å²) < 4.78 is 29.1. The number of sulfone groups is 1. The molecule has 0 unspecified atom stereocenters. The van der Waals surface area contributed by atoms with Crippen LogP contribution >= 0.6 is 11.3 Å². The van der Waals surface area contributed by atoms with Gasteiger partial charge in [0.15, 0.2) is 9.84 Å². The van der Waals surface area contributed by atoms with Crippen LogP contribution in [0.4, 0.5) is 0 Å². The number of thiazole rings is 1. The van der Waals surface area contributed by atoms with Crippen molar-refractivity contribution in [3.05, 3.63) is 16.1 Å². The molecule has 1 heterocycles. The molecule has 1 amide bonds. The molecule has 1 aromatic heterocycles. The Balaban J connectivity index is 2.64. The van der Waals surface area contributed by atoms with Crippen LogP contribution in [0.25, 0.3) is 0 Å². The Morgan fingerprint density at radius 2 is 2.25 bits per heavy atom. The van der Waals surface area contributed by atoms with Gasteiger partial charge in [-0.1, -0.05) is 6.92 Å². The number of carbonyl (C=O) groups is 1. The van der Waals surface area contributed by atoms with Gasteiger partial charge in [0.2, 0.25) is 5.91 Å². The number of aromatic nitrogens is 1. The first-order valence-corrected chi connectivity index (χ1v) is 8.91. The largest absolute Gasteiger partial charge is 0.383 e. The Kier molecular flexibility index (Phi) is 6.57. The molecule has 8 heteroatoms. The monoisotopic (exact) mass is 320 g/mol. The second-order valence-corrected chi connectivity index (χ2v) is 7.58. The van der Waals surface area contributed by atoms with E-state index in [9.17, 15) is 13.2 Å². The van der Waals surface area contributed by atoms with Crippen molar-refractivity contribution in [2.45, 2.75) is 31.3 Å². The molecule has 0 aromatic carbocycles. The maximum absolute atomic E-state index is 12.1. The van der Waals surface area contributed by atoms with Crippen molar-refractivity contribution < 1.29 is 17.9 Å². The SMILES string of the molecule is CCc1nc(CS(=O)(=O)[C@@H](C)C(=O)NCCOC)cs1. The summed E-state index contributed by atoms with van der Waals surface area (Å²) in [6.45, 7) is 4.00. The first-order chi connectivity index (χ1) is 9.40. The quantitative estimate of drug-likeness (QED) is 0.715. The van der Waals surface area contributed by atoms with Crippen molar-refractivity contribution in [1.29, 1.82) is 0 Å². The molecule has 1 aromatic rings. The fourth-order valence-electron chi connectivity index (χ4n) is 1.49. The van der Waals surface area contributed by atoms with Gasteiger partial charge in [0.25, 0.3) is 0 Å². The second kappa shape index (κ2) is 7.70. The number of aryl methyl sites for hydroxylation is 1. The van der Waals surface area contributed by atoms with E-state index in [0.717, 1.165) is 11.4 Å². The molecule has 114 valence electrons. The van der Waals surface area contributed by atoms with E-state index in [1.54, 1.807) is 5.38 Å². The Morgan fingerprint density at radius 3 is 2.80 bits per heavy atom. The van der Waals surface area contributed by atoms with Crippen molar-refractivity contribution in [2.24, 2.45) is 0 Å². The lowest BCUT2D eigenvalue weighted by Crippen LogP contribution is -2.39. The molecule has 1 rings (SSSR count). The topological polar surface area (TPSA) is 85.4 Å². The molecular weight excluding hydrogens is 300 g/mol. The van der Waals surface area contributed by atoms with Gasteiger partial charge in [-0.25, -0.2) is 13.4 Å². The first-order valence-electron chi connectivity index (χ1n) is 6.32. The maximum Gasteiger partial charge on any atom is 0.238 e. The van der Waals surface area contributed by atoms with E-state index in [1.807, 2.05) is 6.92 Å². The third-order valence-electron chi connectivity index (χ3n) is 2.76. The molecule has 1 atom stereocenters. The number of nitrogens with zero attached hydrogens (tertiary/aromatic N) is 1. The average Bonchev–Trinajstić information content (AvgIpc) is 2.84. The van der Waals surface area contributed by atoms with Crippen LogP contribution in [0.1, 0.15) is 24.5 Å². The third kappa shape index (κ3) is 4.84. The highest BCUT2D eigenvalue weighted by atomic mass is 32.2. The summed E-state index contributed by atoms with van der Waals surface area (Å²) in [5.74, 6) is -0.712. The number of carbonyl (C=O) groups excluding carboxylic acids is 1. The zero-order chi connectivity index (χ0) is 15.2. The minimum atomic E-state index is -3.55. The smallest absolute Gasteiger partial charge is 0.238 e. The standard InChI is InChI=1S/C12H20N2O4S2/c1-4-11-14-10(7-19-11)8-20(16,17)9(2)12(15)13-5-6-18-3/h7,9H,4-6,8H2,1-3H3,(H,13,15)/t9-/m0/s1. The predicted octanol–water partition coefficient (Wildman–Crippen LogP) is 0.771. The van der Waals surface area contributed by atoms with Gasteiger partial charge in [-0.05, 0) is 13.3 Å². The van der Waals surface area contributed by atoms with Crippen molar-refractivity contribution in [1.82, 2.24) is 10.3 Å². The van der Waals surface area contributed by atoms with Crippen molar-refractivity contribution >= 4 is 27.1 Å². The number of rotatable bonds is 8. The van der Waals surface area contributed by atoms with Gasteiger partial charge in [-0.3, -0.25) is 4.79 Å². The van der Waals surface area contributed by atoms with Crippen LogP contribution in [0.5, 0.6) is 0 Å². The Hall–Kier alpha value is -0.990. The Labute approximate surface area is 123 Å². The molecule has 0 radical (unpaired) electrons. The van der Waals surface area contributed by atoms with Gasteiger partial charge in [-0.15, -0.1) is 11.3 Å². The molecule has 0 saturated heterocycles. The number of ether oxygens (including phenoxy) is 1. The molecule has 0 fully saturated rings. The van der Waals surface area contributed by atoms with Gasteiger partial charge in [0.05, 0.1) is 23.1 Å². The maximum atomic E-state index is 12.1. The minimum Gasteiger partial charge on any atom is -0.383 e. The predicted molar refractivity (Wildman–Crippen MR) is 78.5 cm³/mol. The van der Waals surface area contributed by atoms with E-state index in [1.165, 1.54) is 25.4 Å². The molecule has 0 aliphatic carbocycles. The van der Waals surface area contributed by atoms with E-state index in [0.29, 0.717) is 18.8 Å². The van der Waals surface area contributed by atoms with Crippen LogP contribution in [-0.4, -0.2) is 44.8 Å². The fourth-order valence-corrected chi connectivity index (χ4v) is 3.56. The number of hydrogen-bond acceptors (Lipinski definition) is 6. The van der Waals surface area contributed by atoms with E-state index in [4.69, 9.17) is 4.74 Å². The van der Waals surface area contributed by atoms with Crippen LogP contribution < -0.4 is 5.32 Å². The lowest BCUT2D eigenvalue weighted by atomic mass is 10.4. The highest BCUT2D eigenvalue weighted by molar-refractivity contribution is 7.92. The lowest BCUT2D eigenvalue weighted by molar-refractivity contribution is -0.120. The molecule has 20 heavy (non-hydrogen) atoms. The normalized spacial score (nSPS) is 13.2. The van der Waals surface area contributed by atoms with Crippen LogP contribution in [0, 0.1) is 0 Å². The Bertz CT molecular complexity index is 539. The third-order valence-corrected chi connectivity index (χ3v) is 5.80. The van der Waals surface area contributed by atoms with E-state index in [-0.39, 0.29) is 5.75 Å². The first kappa shape index (κ1) is 17.1. The van der Waals surface area contributed by atoms with Gasteiger partial charge >= 0.3 is 0 Å². The number of nitrogens with one attached hydrogen (secondary N) is 1. The van der Waals surface area contributed by atoms with Crippen molar-refractivity contribution in [3.63, 3.8) is 0 Å². The zero-order valence-electron chi connectivity index (χ0n) is 11.9. The summed E-state index contributed by atoms with van der Waals surface area (Å²) in [6.07, 6.45) is 0.776. The summed E-state index contributed by atoms with van der Waals surface area (Å²) >= 11 is 1.43. The van der Waals surface area contributed by atoms with Gasteiger partial charge in [0, 0.05) is 19.0 Å². The highest BCUT2D eigenvalue weighted by Crippen LogP contribution is 2.15. The lowest BCUT2D eigenvalue weighted by Gasteiger charge is -2.12. The minimum absolute atomic E-state index is 0.206. The molecule has 0 saturated carbocycles. The van der Waals surface area contributed by atoms with Crippen molar-refractivity contribution in [2.75, 3.05) is 20.3 Å². The molecule has 0 aliphatic rings. The van der Waals surface area contributed by atoms with Crippen LogP contribution in [0.15, 0.2) is 5.38 Å². The van der Waals surface area contributed by atoms with E-state index in [2.05, 4.69) is 10.3 Å². The van der Waals surface area contributed by atoms with Gasteiger partial charge in [0.1, 0.15) is 5.25 Å². The van der Waals surface area contributed by atoms with Gasteiger partial charge in [-0.2, -0.15) is 0 Å². The van der Waals surface area contributed by atoms with Crippen LogP contribution in [-0.2, 0) is 31.5 Å². The van der Waals surface area contributed by atoms with Crippen LogP contribution in [0.3, 0.4) is 0 Å². The fraction of sp³-hybridized carbons (Fsp3) is 0.667. The van der Waals surface area contributed by atoms with E-state index < -0.39 is 21.0 Å². The van der Waals surface area contributed by atoms with Crippen LogP contribution in [0.2, 0.25) is 0 Å². The summed E-state index contributed by atoms with van der Waals surface area (Å²) in [5.41, 5.74) is 0.503. The molecular formula is C12H20N2O4S2. The average molecular weight is 320 g/mol. The highest BCUT2D eigenvalue weighted by Gasteiger charge is 2.28. The van der Waals surface area contributed by atoms with E-state index >= 15 is 0 Å². The molecule has 0 aliphatic heterocycles. The van der Waals surface area contributed by atoms with Crippen molar-refractivity contribution in [3.8, 4) is 0 Å². The summed E-state index contributed by atoms with van der Waals surface area (Å²) in [6, 6.07) is 0. The molecule has 6 nitrogen and oxygen atoms in total. The van der Waals surface area contributed by atoms with Gasteiger partial charge < -0.3 is 10.1 Å². The summed E-state index contributed by atoms with van der Waals surface area (Å²) in [5, 5.41) is 4.06. The molecule has 0 spiro atoms. The Morgan fingerprint density at radius 1 is 1.55 bits per heavy atom. The number of amides is 1. The summed E-state index contributed by atoms with van der Waals surface area (Å²) in [4.78, 5) is 16.0.